The summed E-state index contributed by atoms with van der Waals surface area (Å²) >= 11 is 11.8. The van der Waals surface area contributed by atoms with E-state index in [9.17, 15) is 8.42 Å². The smallest absolute Gasteiger partial charge is 0.264 e. The molecule has 6 nitrogen and oxygen atoms in total. The third-order valence-corrected chi connectivity index (χ3v) is 4.65. The second-order valence-corrected chi connectivity index (χ2v) is 6.96. The lowest BCUT2D eigenvalue weighted by molar-refractivity contribution is 0.592. The van der Waals surface area contributed by atoms with E-state index in [1.165, 1.54) is 24.3 Å². The largest absolute Gasteiger partial charge is 0.369 e. The molecule has 0 radical (unpaired) electrons. The van der Waals surface area contributed by atoms with E-state index in [4.69, 9.17) is 34.3 Å². The van der Waals surface area contributed by atoms with E-state index in [-0.39, 0.29) is 4.90 Å². The highest BCUT2D eigenvalue weighted by Crippen LogP contribution is 2.21. The monoisotopic (exact) mass is 370 g/mol. The van der Waals surface area contributed by atoms with Crippen LogP contribution in [0.3, 0.4) is 0 Å². The number of sulfonamides is 1. The van der Waals surface area contributed by atoms with Gasteiger partial charge in [0.15, 0.2) is 5.96 Å². The molecule has 0 aliphatic carbocycles. The van der Waals surface area contributed by atoms with Crippen LogP contribution in [0.5, 0.6) is 0 Å². The molecule has 0 saturated carbocycles. The lowest BCUT2D eigenvalue weighted by Crippen LogP contribution is -2.35. The van der Waals surface area contributed by atoms with Crippen molar-refractivity contribution in [2.45, 2.75) is 4.90 Å². The first kappa shape index (κ1) is 17.3. The topological polar surface area (TPSA) is 108 Å². The Kier molecular flexibility index (Phi) is 5.25. The van der Waals surface area contributed by atoms with Crippen molar-refractivity contribution in [3.8, 4) is 0 Å². The van der Waals surface area contributed by atoms with Gasteiger partial charge in [-0.3, -0.25) is 10.4 Å². The molecule has 0 fully saturated rings. The quantitative estimate of drug-likeness (QED) is 0.568. The molecule has 0 amide bonds. The molecule has 120 valence electrons. The molecular weight excluding hydrogens is 359 g/mol. The Bertz CT molecular complexity index is 865. The van der Waals surface area contributed by atoms with Crippen LogP contribution in [0.1, 0.15) is 5.56 Å². The predicted molar refractivity (Wildman–Crippen MR) is 92.4 cm³/mol. The van der Waals surface area contributed by atoms with Crippen molar-refractivity contribution >= 4 is 51.1 Å². The average Bonchev–Trinajstić information content (AvgIpc) is 2.45. The Balaban J connectivity index is 2.20. The van der Waals surface area contributed by atoms with Gasteiger partial charge in [-0.25, -0.2) is 13.1 Å². The van der Waals surface area contributed by atoms with E-state index in [0.29, 0.717) is 21.3 Å². The molecule has 0 aromatic heterocycles. The molecule has 2 aromatic rings. The van der Waals surface area contributed by atoms with Gasteiger partial charge in [-0.15, -0.1) is 0 Å². The molecule has 0 aliphatic rings. The molecule has 0 spiro atoms. The Morgan fingerprint density at radius 3 is 2.39 bits per heavy atom. The highest BCUT2D eigenvalue weighted by atomic mass is 35.5. The van der Waals surface area contributed by atoms with E-state index in [2.05, 4.69) is 4.99 Å². The van der Waals surface area contributed by atoms with Crippen molar-refractivity contribution in [1.29, 1.82) is 5.41 Å². The molecule has 0 atom stereocenters. The van der Waals surface area contributed by atoms with Gasteiger partial charge < -0.3 is 5.73 Å². The summed E-state index contributed by atoms with van der Waals surface area (Å²) < 4.78 is 25.5. The van der Waals surface area contributed by atoms with Crippen LogP contribution < -0.4 is 10.5 Å². The first-order chi connectivity index (χ1) is 10.8. The molecule has 0 aliphatic heterocycles. The van der Waals surface area contributed by atoms with E-state index in [0.717, 1.165) is 0 Å². The van der Waals surface area contributed by atoms with Gasteiger partial charge in [0.1, 0.15) is 0 Å². The molecule has 0 unspecified atom stereocenters. The van der Waals surface area contributed by atoms with Crippen LogP contribution in [-0.2, 0) is 10.0 Å². The Morgan fingerprint density at radius 2 is 1.83 bits per heavy atom. The number of benzene rings is 2. The predicted octanol–water partition coefficient (Wildman–Crippen LogP) is 2.92. The fourth-order valence-corrected chi connectivity index (χ4v) is 3.02. The maximum Gasteiger partial charge on any atom is 0.264 e. The van der Waals surface area contributed by atoms with Crippen LogP contribution in [0.25, 0.3) is 0 Å². The molecule has 2 aromatic carbocycles. The van der Waals surface area contributed by atoms with Crippen molar-refractivity contribution < 1.29 is 8.42 Å². The number of guanidine groups is 1. The van der Waals surface area contributed by atoms with Crippen molar-refractivity contribution in [1.82, 2.24) is 4.72 Å². The van der Waals surface area contributed by atoms with Gasteiger partial charge in [0.2, 0.25) is 0 Å². The van der Waals surface area contributed by atoms with Gasteiger partial charge in [-0.1, -0.05) is 29.3 Å². The maximum atomic E-state index is 11.8. The molecular formula is C14H12Cl2N4O2S. The summed E-state index contributed by atoms with van der Waals surface area (Å²) in [5.41, 5.74) is 6.26. The van der Waals surface area contributed by atoms with Crippen molar-refractivity contribution in [2.24, 2.45) is 10.7 Å². The zero-order valence-corrected chi connectivity index (χ0v) is 14.0. The zero-order chi connectivity index (χ0) is 17.0. The van der Waals surface area contributed by atoms with Crippen molar-refractivity contribution in [3.05, 3.63) is 58.1 Å². The number of nitrogens with zero attached hydrogens (tertiary/aromatic N) is 1. The fraction of sp³-hybridized carbons (Fsp3) is 0. The Labute approximate surface area is 143 Å². The van der Waals surface area contributed by atoms with Gasteiger partial charge >= 0.3 is 0 Å². The van der Waals surface area contributed by atoms with Gasteiger partial charge in [0, 0.05) is 16.8 Å². The Hall–Kier alpha value is -2.09. The van der Waals surface area contributed by atoms with Crippen LogP contribution in [0.4, 0.5) is 5.69 Å². The highest BCUT2D eigenvalue weighted by molar-refractivity contribution is 7.90. The normalized spacial score (nSPS) is 11.6. The summed E-state index contributed by atoms with van der Waals surface area (Å²) in [6.07, 6.45) is 1.55. The average molecular weight is 371 g/mol. The summed E-state index contributed by atoms with van der Waals surface area (Å²) in [6.45, 7) is 0. The summed E-state index contributed by atoms with van der Waals surface area (Å²) in [7, 11) is -3.84. The standard InChI is InChI=1S/C14H12Cl2N4O2S/c15-10-2-1-9(13(16)7-10)8-19-11-3-5-12(6-4-11)23(21,22)20-14(17)18/h1-8H,(H4,17,18,20)/b19-8+. The summed E-state index contributed by atoms with van der Waals surface area (Å²) in [5, 5.41) is 7.97. The van der Waals surface area contributed by atoms with Crippen LogP contribution in [0.2, 0.25) is 10.0 Å². The van der Waals surface area contributed by atoms with Crippen LogP contribution in [-0.4, -0.2) is 20.6 Å². The molecule has 9 heteroatoms. The number of hydrogen-bond acceptors (Lipinski definition) is 4. The van der Waals surface area contributed by atoms with Crippen LogP contribution in [0.15, 0.2) is 52.4 Å². The second kappa shape index (κ2) is 6.99. The highest BCUT2D eigenvalue weighted by Gasteiger charge is 2.13. The van der Waals surface area contributed by atoms with E-state index in [1.807, 2.05) is 4.72 Å². The Morgan fingerprint density at radius 1 is 1.17 bits per heavy atom. The zero-order valence-electron chi connectivity index (χ0n) is 11.6. The van der Waals surface area contributed by atoms with Gasteiger partial charge in [0.25, 0.3) is 10.0 Å². The molecule has 0 saturated heterocycles. The summed E-state index contributed by atoms with van der Waals surface area (Å²) in [6, 6.07) is 10.8. The second-order valence-electron chi connectivity index (χ2n) is 4.44. The van der Waals surface area contributed by atoms with E-state index >= 15 is 0 Å². The first-order valence-electron chi connectivity index (χ1n) is 6.24. The summed E-state index contributed by atoms with van der Waals surface area (Å²) in [5.74, 6) is -0.649. The SMILES string of the molecule is N=C(N)NS(=O)(=O)c1ccc(/N=C/c2ccc(Cl)cc2Cl)cc1. The minimum atomic E-state index is -3.84. The summed E-state index contributed by atoms with van der Waals surface area (Å²) in [4.78, 5) is 4.20. The lowest BCUT2D eigenvalue weighted by atomic mass is 10.2. The van der Waals surface area contributed by atoms with Gasteiger partial charge in [-0.2, -0.15) is 0 Å². The molecule has 0 heterocycles. The van der Waals surface area contributed by atoms with Crippen molar-refractivity contribution in [2.75, 3.05) is 0 Å². The number of nitrogens with one attached hydrogen (secondary N) is 2. The molecule has 23 heavy (non-hydrogen) atoms. The van der Waals surface area contributed by atoms with Crippen LogP contribution >= 0.6 is 23.2 Å². The van der Waals surface area contributed by atoms with Gasteiger partial charge in [0.05, 0.1) is 15.6 Å². The number of halogens is 2. The van der Waals surface area contributed by atoms with Crippen molar-refractivity contribution in [3.63, 3.8) is 0 Å². The fourth-order valence-electron chi connectivity index (χ4n) is 1.67. The third-order valence-electron chi connectivity index (χ3n) is 2.71. The molecule has 2 rings (SSSR count). The number of aliphatic imine (C=N–C) groups is 1. The van der Waals surface area contributed by atoms with Gasteiger partial charge in [-0.05, 0) is 36.4 Å². The first-order valence-corrected chi connectivity index (χ1v) is 8.48. The van der Waals surface area contributed by atoms with E-state index in [1.54, 1.807) is 24.4 Å². The molecule has 4 N–H and O–H groups in total. The number of hydrogen-bond donors (Lipinski definition) is 3. The number of rotatable bonds is 4. The third kappa shape index (κ3) is 4.69. The maximum absolute atomic E-state index is 11.8. The number of nitrogens with two attached hydrogens (primary N) is 1. The minimum Gasteiger partial charge on any atom is -0.369 e. The van der Waals surface area contributed by atoms with E-state index < -0.39 is 16.0 Å². The lowest BCUT2D eigenvalue weighted by Gasteiger charge is -2.05. The van der Waals surface area contributed by atoms with Crippen LogP contribution in [0, 0.1) is 5.41 Å². The molecule has 0 bridgehead atoms. The minimum absolute atomic E-state index is 0.0174.